The fourth-order valence-electron chi connectivity index (χ4n) is 6.91. The minimum Gasteiger partial charge on any atom is -0.462 e. The van der Waals surface area contributed by atoms with E-state index >= 15 is 0 Å². The van der Waals surface area contributed by atoms with Gasteiger partial charge in [-0.1, -0.05) is 206 Å². The first-order valence-electron chi connectivity index (χ1n) is 23.7. The van der Waals surface area contributed by atoms with Crippen molar-refractivity contribution in [1.82, 2.24) is 0 Å². The van der Waals surface area contributed by atoms with Crippen molar-refractivity contribution in [1.29, 1.82) is 0 Å². The number of carbonyl (C=O) groups is 3. The average Bonchev–Trinajstić information content (AvgIpc) is 3.17. The lowest BCUT2D eigenvalue weighted by molar-refractivity contribution is -0.167. The molecule has 1 atom stereocenters. The highest BCUT2D eigenvalue weighted by Crippen LogP contribution is 2.15. The number of allylic oxidation sites excluding steroid dienone is 2. The molecule has 0 amide bonds. The van der Waals surface area contributed by atoms with E-state index in [-0.39, 0.29) is 31.1 Å². The normalized spacial score (nSPS) is 12.0. The molecule has 0 aliphatic carbocycles. The molecule has 0 aromatic rings. The number of ether oxygens (including phenoxy) is 3. The average molecular weight is 763 g/mol. The first-order valence-corrected chi connectivity index (χ1v) is 23.7. The van der Waals surface area contributed by atoms with Gasteiger partial charge in [0.1, 0.15) is 13.2 Å². The van der Waals surface area contributed by atoms with E-state index < -0.39 is 6.10 Å². The molecule has 0 aliphatic rings. The third-order valence-electron chi connectivity index (χ3n) is 10.5. The van der Waals surface area contributed by atoms with Crippen molar-refractivity contribution in [2.24, 2.45) is 0 Å². The van der Waals surface area contributed by atoms with Gasteiger partial charge in [-0.25, -0.2) is 0 Å². The van der Waals surface area contributed by atoms with Crippen molar-refractivity contribution in [3.8, 4) is 0 Å². The summed E-state index contributed by atoms with van der Waals surface area (Å²) in [5, 5.41) is 0. The van der Waals surface area contributed by atoms with E-state index in [0.717, 1.165) is 70.6 Å². The van der Waals surface area contributed by atoms with E-state index in [0.29, 0.717) is 19.3 Å². The van der Waals surface area contributed by atoms with Gasteiger partial charge >= 0.3 is 17.9 Å². The zero-order valence-electron chi connectivity index (χ0n) is 36.3. The maximum absolute atomic E-state index is 12.7. The maximum atomic E-state index is 12.7. The minimum atomic E-state index is -0.764. The second-order valence-corrected chi connectivity index (χ2v) is 16.0. The molecule has 0 heterocycles. The van der Waals surface area contributed by atoms with E-state index in [4.69, 9.17) is 14.2 Å². The van der Waals surface area contributed by atoms with Gasteiger partial charge in [-0.3, -0.25) is 14.4 Å². The highest BCUT2D eigenvalue weighted by Gasteiger charge is 2.19. The fourth-order valence-corrected chi connectivity index (χ4v) is 6.91. The Morgan fingerprint density at radius 1 is 0.352 bits per heavy atom. The summed E-state index contributed by atoms with van der Waals surface area (Å²) in [7, 11) is 0. The van der Waals surface area contributed by atoms with Gasteiger partial charge in [0.15, 0.2) is 6.10 Å². The van der Waals surface area contributed by atoms with E-state index in [1.807, 2.05) is 0 Å². The molecule has 0 aromatic heterocycles. The second kappa shape index (κ2) is 43.9. The zero-order valence-corrected chi connectivity index (χ0v) is 36.3. The molecular weight excluding hydrogens is 673 g/mol. The van der Waals surface area contributed by atoms with E-state index in [2.05, 4.69) is 32.9 Å². The summed E-state index contributed by atoms with van der Waals surface area (Å²) in [6, 6.07) is 0. The first kappa shape index (κ1) is 52.2. The lowest BCUT2D eigenvalue weighted by atomic mass is 10.0. The zero-order chi connectivity index (χ0) is 39.4. The van der Waals surface area contributed by atoms with Crippen LogP contribution in [-0.4, -0.2) is 37.2 Å². The van der Waals surface area contributed by atoms with Crippen molar-refractivity contribution in [3.05, 3.63) is 12.2 Å². The molecule has 0 saturated heterocycles. The van der Waals surface area contributed by atoms with Crippen LogP contribution in [0.5, 0.6) is 0 Å². The number of hydrogen-bond donors (Lipinski definition) is 0. The summed E-state index contributed by atoms with van der Waals surface area (Å²) in [6.45, 7) is 6.56. The van der Waals surface area contributed by atoms with Crippen LogP contribution in [-0.2, 0) is 28.6 Å². The summed E-state index contributed by atoms with van der Waals surface area (Å²) in [4.78, 5) is 37.5. The third kappa shape index (κ3) is 41.3. The molecular formula is C48H90O6. The van der Waals surface area contributed by atoms with Crippen LogP contribution in [0.2, 0.25) is 0 Å². The van der Waals surface area contributed by atoms with Crippen LogP contribution >= 0.6 is 0 Å². The Balaban J connectivity index is 4.16. The highest BCUT2D eigenvalue weighted by molar-refractivity contribution is 5.71. The summed E-state index contributed by atoms with van der Waals surface area (Å²) in [5.41, 5.74) is 0. The van der Waals surface area contributed by atoms with Gasteiger partial charge in [-0.05, 0) is 44.9 Å². The third-order valence-corrected chi connectivity index (χ3v) is 10.5. The van der Waals surface area contributed by atoms with Crippen molar-refractivity contribution < 1.29 is 28.6 Å². The van der Waals surface area contributed by atoms with Crippen LogP contribution < -0.4 is 0 Å². The van der Waals surface area contributed by atoms with E-state index in [1.165, 1.54) is 148 Å². The number of unbranched alkanes of at least 4 members (excludes halogenated alkanes) is 30. The molecule has 0 N–H and O–H groups in total. The Hall–Kier alpha value is -1.85. The van der Waals surface area contributed by atoms with Crippen LogP contribution in [0.1, 0.15) is 258 Å². The summed E-state index contributed by atoms with van der Waals surface area (Å²) in [5.74, 6) is -0.882. The van der Waals surface area contributed by atoms with Crippen LogP contribution in [0, 0.1) is 0 Å². The minimum absolute atomic E-state index is 0.0699. The lowest BCUT2D eigenvalue weighted by Crippen LogP contribution is -2.30. The number of rotatable bonds is 43. The Labute approximate surface area is 335 Å². The van der Waals surface area contributed by atoms with Gasteiger partial charge in [0.05, 0.1) is 0 Å². The van der Waals surface area contributed by atoms with Gasteiger partial charge in [0.25, 0.3) is 0 Å². The standard InChI is InChI=1S/C48H90O6/c1-4-7-10-13-15-17-19-21-23-24-25-27-28-30-32-35-38-41-47(50)53-44-45(43-52-46(49)40-37-34-12-9-6-3)54-48(51)42-39-36-33-31-29-26-22-20-18-16-14-11-8-5-2/h20,22,45H,4-19,21,23-44H2,1-3H3/b22-20-. The molecule has 0 rings (SSSR count). The number of hydrogen-bond acceptors (Lipinski definition) is 6. The van der Waals surface area contributed by atoms with E-state index in [1.54, 1.807) is 0 Å². The van der Waals surface area contributed by atoms with Crippen LogP contribution in [0.3, 0.4) is 0 Å². The van der Waals surface area contributed by atoms with Crippen LogP contribution in [0.4, 0.5) is 0 Å². The molecule has 0 aliphatic heterocycles. The van der Waals surface area contributed by atoms with Gasteiger partial charge < -0.3 is 14.2 Å². The molecule has 0 radical (unpaired) electrons. The van der Waals surface area contributed by atoms with E-state index in [9.17, 15) is 14.4 Å². The summed E-state index contributed by atoms with van der Waals surface area (Å²) < 4.78 is 16.6. The molecule has 0 fully saturated rings. The van der Waals surface area contributed by atoms with Gasteiger partial charge in [0, 0.05) is 19.3 Å². The van der Waals surface area contributed by atoms with Crippen molar-refractivity contribution in [2.45, 2.75) is 264 Å². The molecule has 54 heavy (non-hydrogen) atoms. The fraction of sp³-hybridized carbons (Fsp3) is 0.896. The smallest absolute Gasteiger partial charge is 0.306 e. The SMILES string of the molecule is CCCCCCC/C=C\CCCCCCCC(=O)OC(COC(=O)CCCCCCC)COC(=O)CCCCCCCCCCCCCCCCCCC. The Morgan fingerprint density at radius 2 is 0.611 bits per heavy atom. The Morgan fingerprint density at radius 3 is 0.926 bits per heavy atom. The monoisotopic (exact) mass is 763 g/mol. The van der Waals surface area contributed by atoms with Crippen LogP contribution in [0.25, 0.3) is 0 Å². The quantitative estimate of drug-likeness (QED) is 0.0266. The predicted octanol–water partition coefficient (Wildman–Crippen LogP) is 15.0. The molecule has 1 unspecified atom stereocenters. The lowest BCUT2D eigenvalue weighted by Gasteiger charge is -2.18. The molecule has 0 aromatic carbocycles. The molecule has 0 saturated carbocycles. The Kier molecular flexibility index (Phi) is 42.4. The molecule has 6 nitrogen and oxygen atoms in total. The Bertz CT molecular complexity index is 839. The van der Waals surface area contributed by atoms with Crippen molar-refractivity contribution >= 4 is 17.9 Å². The highest BCUT2D eigenvalue weighted by atomic mass is 16.6. The molecule has 0 bridgehead atoms. The van der Waals surface area contributed by atoms with Crippen molar-refractivity contribution in [3.63, 3.8) is 0 Å². The predicted molar refractivity (Wildman–Crippen MR) is 229 cm³/mol. The maximum Gasteiger partial charge on any atom is 0.306 e. The first-order chi connectivity index (χ1) is 26.5. The topological polar surface area (TPSA) is 78.9 Å². The number of carbonyl (C=O) groups excluding carboxylic acids is 3. The summed E-state index contributed by atoms with van der Waals surface area (Å²) >= 11 is 0. The van der Waals surface area contributed by atoms with Crippen LogP contribution in [0.15, 0.2) is 12.2 Å². The van der Waals surface area contributed by atoms with Gasteiger partial charge in [-0.15, -0.1) is 0 Å². The van der Waals surface area contributed by atoms with Gasteiger partial charge in [0.2, 0.25) is 0 Å². The number of esters is 3. The molecule has 0 spiro atoms. The molecule has 318 valence electrons. The summed E-state index contributed by atoms with van der Waals surface area (Å²) in [6.07, 6.45) is 46.5. The second-order valence-electron chi connectivity index (χ2n) is 16.0. The molecule has 6 heteroatoms. The largest absolute Gasteiger partial charge is 0.462 e. The van der Waals surface area contributed by atoms with Crippen molar-refractivity contribution in [2.75, 3.05) is 13.2 Å². The van der Waals surface area contributed by atoms with Gasteiger partial charge in [-0.2, -0.15) is 0 Å².